The maximum Gasteiger partial charge on any atom is 0.272 e. The smallest absolute Gasteiger partial charge is 0.272 e. The van der Waals surface area contributed by atoms with Crippen molar-refractivity contribution in [2.45, 2.75) is 13.2 Å². The average Bonchev–Trinajstić information content (AvgIpc) is 3.51. The molecule has 9 heteroatoms. The number of anilines is 1. The number of nitrogens with one attached hydrogen (secondary N) is 2. The van der Waals surface area contributed by atoms with E-state index in [2.05, 4.69) is 15.7 Å². The Bertz CT molecular complexity index is 1250. The summed E-state index contributed by atoms with van der Waals surface area (Å²) < 4.78 is 17.5. The highest BCUT2D eigenvalue weighted by Gasteiger charge is 2.19. The molecule has 4 aromatic rings. The van der Waals surface area contributed by atoms with Crippen molar-refractivity contribution >= 4 is 17.5 Å². The van der Waals surface area contributed by atoms with Gasteiger partial charge in [-0.15, -0.1) is 0 Å². The lowest BCUT2D eigenvalue weighted by Crippen LogP contribution is -2.26. The van der Waals surface area contributed by atoms with Gasteiger partial charge in [0.2, 0.25) is 0 Å². The zero-order valence-corrected chi connectivity index (χ0v) is 18.8. The van der Waals surface area contributed by atoms with E-state index < -0.39 is 0 Å². The van der Waals surface area contributed by atoms with Crippen LogP contribution in [0.5, 0.6) is 11.5 Å². The third kappa shape index (κ3) is 5.44. The number of nitrogens with zero attached hydrogens (tertiary/aromatic N) is 2. The van der Waals surface area contributed by atoms with Gasteiger partial charge in [-0.1, -0.05) is 12.1 Å². The van der Waals surface area contributed by atoms with Crippen molar-refractivity contribution < 1.29 is 23.5 Å². The summed E-state index contributed by atoms with van der Waals surface area (Å²) in [5, 5.41) is 9.62. The molecule has 9 nitrogen and oxygen atoms in total. The first-order valence-electron chi connectivity index (χ1n) is 10.5. The van der Waals surface area contributed by atoms with E-state index in [0.29, 0.717) is 23.6 Å². The zero-order valence-electron chi connectivity index (χ0n) is 18.8. The molecule has 2 aromatic heterocycles. The molecule has 0 bridgehead atoms. The normalized spacial score (nSPS) is 10.5. The van der Waals surface area contributed by atoms with Crippen LogP contribution in [0.3, 0.4) is 0 Å². The van der Waals surface area contributed by atoms with Crippen molar-refractivity contribution in [3.63, 3.8) is 0 Å². The number of methoxy groups -OCH3 is 1. The maximum atomic E-state index is 12.8. The summed E-state index contributed by atoms with van der Waals surface area (Å²) >= 11 is 0. The summed E-state index contributed by atoms with van der Waals surface area (Å²) in [4.78, 5) is 25.4. The van der Waals surface area contributed by atoms with E-state index in [-0.39, 0.29) is 24.1 Å². The Hall–Kier alpha value is -4.53. The molecular formula is C25H24N4O5. The van der Waals surface area contributed by atoms with Gasteiger partial charge in [0, 0.05) is 12.6 Å². The molecule has 174 valence electrons. The molecule has 0 radical (unpaired) electrons. The predicted octanol–water partition coefficient (Wildman–Crippen LogP) is 3.78. The first kappa shape index (κ1) is 22.7. The van der Waals surface area contributed by atoms with Crippen molar-refractivity contribution in [1.82, 2.24) is 15.1 Å². The van der Waals surface area contributed by atoms with Gasteiger partial charge in [-0.25, -0.2) is 0 Å². The topological polar surface area (TPSA) is 108 Å². The van der Waals surface area contributed by atoms with Gasteiger partial charge in [-0.3, -0.25) is 14.3 Å². The summed E-state index contributed by atoms with van der Waals surface area (Å²) in [6.45, 7) is 0.585. The highest BCUT2D eigenvalue weighted by atomic mass is 16.5. The number of aromatic nitrogens is 2. The van der Waals surface area contributed by atoms with E-state index in [0.717, 1.165) is 17.1 Å². The second-order valence-corrected chi connectivity index (χ2v) is 7.41. The molecule has 2 aromatic carbocycles. The molecule has 2 heterocycles. The fourth-order valence-corrected chi connectivity index (χ4v) is 3.25. The first-order chi connectivity index (χ1) is 16.5. The van der Waals surface area contributed by atoms with Crippen LogP contribution in [0.25, 0.3) is 0 Å². The van der Waals surface area contributed by atoms with Gasteiger partial charge in [0.05, 0.1) is 31.8 Å². The van der Waals surface area contributed by atoms with E-state index in [1.54, 1.807) is 38.4 Å². The molecular weight excluding hydrogens is 436 g/mol. The maximum absolute atomic E-state index is 12.8. The quantitative estimate of drug-likeness (QED) is 0.394. The van der Waals surface area contributed by atoms with E-state index in [1.807, 2.05) is 36.4 Å². The number of ether oxygens (including phenoxy) is 2. The summed E-state index contributed by atoms with van der Waals surface area (Å²) in [5.41, 5.74) is 1.91. The van der Waals surface area contributed by atoms with E-state index in [1.165, 1.54) is 17.1 Å². The van der Waals surface area contributed by atoms with Crippen LogP contribution in [0.15, 0.2) is 77.5 Å². The van der Waals surface area contributed by atoms with Crippen molar-refractivity contribution in [3.05, 3.63) is 95.7 Å². The van der Waals surface area contributed by atoms with Gasteiger partial charge in [0.1, 0.15) is 29.6 Å². The Morgan fingerprint density at radius 1 is 1.00 bits per heavy atom. The Morgan fingerprint density at radius 3 is 2.41 bits per heavy atom. The lowest BCUT2D eigenvalue weighted by molar-refractivity contribution is 0.0939. The molecule has 0 atom stereocenters. The SMILES string of the molecule is COc1ccc(OCc2ccc(C(=O)Nc3cnn(C)c3C(=O)NCc3ccco3)cc2)cc1. The number of amides is 2. The number of carbonyl (C=O) groups excluding carboxylic acids is 2. The molecule has 0 unspecified atom stereocenters. The number of aryl methyl sites for hydroxylation is 1. The zero-order chi connectivity index (χ0) is 23.9. The average molecular weight is 460 g/mol. The molecule has 2 amide bonds. The Labute approximate surface area is 196 Å². The molecule has 0 spiro atoms. The third-order valence-electron chi connectivity index (χ3n) is 5.09. The molecule has 2 N–H and O–H groups in total. The van der Waals surface area contributed by atoms with Crippen LogP contribution in [0.2, 0.25) is 0 Å². The number of carbonyl (C=O) groups is 2. The highest BCUT2D eigenvalue weighted by Crippen LogP contribution is 2.19. The van der Waals surface area contributed by atoms with Crippen molar-refractivity contribution in [2.75, 3.05) is 12.4 Å². The predicted molar refractivity (Wildman–Crippen MR) is 125 cm³/mol. The van der Waals surface area contributed by atoms with Crippen molar-refractivity contribution in [1.29, 1.82) is 0 Å². The number of benzene rings is 2. The Balaban J connectivity index is 1.35. The van der Waals surface area contributed by atoms with Crippen LogP contribution in [0.1, 0.15) is 32.2 Å². The van der Waals surface area contributed by atoms with E-state index >= 15 is 0 Å². The standard InChI is InChI=1S/C25H24N4O5/c1-29-23(25(31)26-14-21-4-3-13-33-21)22(15-27-29)28-24(30)18-7-5-17(6-8-18)16-34-20-11-9-19(32-2)10-12-20/h3-13,15H,14,16H2,1-2H3,(H,26,31)(H,28,30). The van der Waals surface area contributed by atoms with Crippen molar-refractivity contribution in [3.8, 4) is 11.5 Å². The summed E-state index contributed by atoms with van der Waals surface area (Å²) in [6, 6.07) is 17.9. The van der Waals surface area contributed by atoms with Crippen molar-refractivity contribution in [2.24, 2.45) is 7.05 Å². The minimum atomic E-state index is -0.377. The van der Waals surface area contributed by atoms with Crippen LogP contribution < -0.4 is 20.1 Å². The van der Waals surface area contributed by atoms with Gasteiger partial charge >= 0.3 is 0 Å². The lowest BCUT2D eigenvalue weighted by atomic mass is 10.1. The molecule has 34 heavy (non-hydrogen) atoms. The molecule has 0 fully saturated rings. The minimum absolute atomic E-state index is 0.227. The highest BCUT2D eigenvalue weighted by molar-refractivity contribution is 6.08. The Morgan fingerprint density at radius 2 is 1.74 bits per heavy atom. The van der Waals surface area contributed by atoms with Crippen LogP contribution in [-0.2, 0) is 20.2 Å². The van der Waals surface area contributed by atoms with Crippen LogP contribution in [-0.4, -0.2) is 28.7 Å². The summed E-state index contributed by atoms with van der Waals surface area (Å²) in [5.74, 6) is 1.37. The molecule has 0 saturated carbocycles. The van der Waals surface area contributed by atoms with Crippen LogP contribution >= 0.6 is 0 Å². The summed E-state index contributed by atoms with van der Waals surface area (Å²) in [7, 11) is 3.25. The summed E-state index contributed by atoms with van der Waals surface area (Å²) in [6.07, 6.45) is 2.98. The van der Waals surface area contributed by atoms with Gasteiger partial charge in [-0.2, -0.15) is 5.10 Å². The van der Waals surface area contributed by atoms with E-state index in [4.69, 9.17) is 13.9 Å². The monoisotopic (exact) mass is 460 g/mol. The second kappa shape index (κ2) is 10.4. The largest absolute Gasteiger partial charge is 0.497 e. The van der Waals surface area contributed by atoms with Gasteiger partial charge in [-0.05, 0) is 54.1 Å². The minimum Gasteiger partial charge on any atom is -0.497 e. The second-order valence-electron chi connectivity index (χ2n) is 7.41. The van der Waals surface area contributed by atoms with Crippen LogP contribution in [0, 0.1) is 0 Å². The first-order valence-corrected chi connectivity index (χ1v) is 10.5. The number of hydrogen-bond donors (Lipinski definition) is 2. The van der Waals surface area contributed by atoms with Gasteiger partial charge < -0.3 is 24.5 Å². The number of rotatable bonds is 9. The molecule has 0 aliphatic rings. The fraction of sp³-hybridized carbons (Fsp3) is 0.160. The van der Waals surface area contributed by atoms with Crippen LogP contribution in [0.4, 0.5) is 5.69 Å². The Kier molecular flexibility index (Phi) is 6.92. The molecule has 0 aliphatic carbocycles. The van der Waals surface area contributed by atoms with Gasteiger partial charge in [0.15, 0.2) is 0 Å². The fourth-order valence-electron chi connectivity index (χ4n) is 3.25. The number of furan rings is 1. The van der Waals surface area contributed by atoms with Gasteiger partial charge in [0.25, 0.3) is 11.8 Å². The van der Waals surface area contributed by atoms with E-state index in [9.17, 15) is 9.59 Å². The third-order valence-corrected chi connectivity index (χ3v) is 5.09. The number of hydrogen-bond acceptors (Lipinski definition) is 6. The molecule has 0 aliphatic heterocycles. The molecule has 4 rings (SSSR count). The molecule has 0 saturated heterocycles. The lowest BCUT2D eigenvalue weighted by Gasteiger charge is -2.09.